The topological polar surface area (TPSA) is 96.2 Å². The molecule has 0 aromatic heterocycles. The standard InChI is InChI=1S/C28H32F4N4O4.C2H6/c29-21-10-8-19(9-11-21)17-34-18-24-35(15-12-25(37)36(24)23(26(34)38)7-3-4-14-33)27(39)40-16-13-20-5-1-2-6-22(20)28(30,31)32;1-2/h1-2,5-6,8-11,23-24H,3-4,7,12-18,33H2;1-2H3. The number of hydrogen-bond acceptors (Lipinski definition) is 5. The third-order valence-electron chi connectivity index (χ3n) is 7.22. The predicted octanol–water partition coefficient (Wildman–Crippen LogP) is 4.95. The van der Waals surface area contributed by atoms with Gasteiger partial charge in [0.25, 0.3) is 0 Å². The Hall–Kier alpha value is -3.67. The number of fused-ring (bicyclic) bond motifs is 1. The maximum atomic E-state index is 13.5. The van der Waals surface area contributed by atoms with Crippen LogP contribution in [0.5, 0.6) is 0 Å². The van der Waals surface area contributed by atoms with Gasteiger partial charge in [-0.1, -0.05) is 44.2 Å². The molecule has 0 bridgehead atoms. The second-order valence-electron chi connectivity index (χ2n) is 9.89. The number of amides is 3. The highest BCUT2D eigenvalue weighted by Gasteiger charge is 2.48. The van der Waals surface area contributed by atoms with E-state index in [0.29, 0.717) is 31.4 Å². The van der Waals surface area contributed by atoms with Crippen molar-refractivity contribution in [1.29, 1.82) is 0 Å². The molecule has 2 aliphatic rings. The SMILES string of the molecule is CC.NCCCCC1C(=O)N(Cc2ccc(F)cc2)CC2N(C(=O)OCCc3ccccc3C(F)(F)F)CCC(=O)N12. The molecule has 2 N–H and O–H groups in total. The van der Waals surface area contributed by atoms with Crippen LogP contribution in [-0.4, -0.2) is 71.1 Å². The molecule has 2 fully saturated rings. The van der Waals surface area contributed by atoms with Crippen LogP contribution in [0.2, 0.25) is 0 Å². The molecule has 3 amide bonds. The van der Waals surface area contributed by atoms with E-state index in [9.17, 15) is 31.9 Å². The molecule has 2 aliphatic heterocycles. The Labute approximate surface area is 243 Å². The summed E-state index contributed by atoms with van der Waals surface area (Å²) < 4.78 is 58.8. The van der Waals surface area contributed by atoms with Crippen molar-refractivity contribution < 1.29 is 36.7 Å². The van der Waals surface area contributed by atoms with Crippen LogP contribution < -0.4 is 5.73 Å². The number of unbranched alkanes of at least 4 members (excludes halogenated alkanes) is 1. The number of piperazine rings is 1. The second kappa shape index (κ2) is 15.0. The van der Waals surface area contributed by atoms with Crippen molar-refractivity contribution in [2.24, 2.45) is 5.73 Å². The summed E-state index contributed by atoms with van der Waals surface area (Å²) in [5, 5.41) is 0. The first-order valence-corrected chi connectivity index (χ1v) is 14.2. The molecule has 2 saturated heterocycles. The van der Waals surface area contributed by atoms with Crippen LogP contribution in [-0.2, 0) is 33.5 Å². The Morgan fingerprint density at radius 3 is 2.40 bits per heavy atom. The van der Waals surface area contributed by atoms with Gasteiger partial charge in [0, 0.05) is 25.9 Å². The molecule has 2 aromatic rings. The average Bonchev–Trinajstić information content (AvgIpc) is 2.97. The maximum Gasteiger partial charge on any atom is 0.416 e. The minimum Gasteiger partial charge on any atom is -0.449 e. The third kappa shape index (κ3) is 7.99. The second-order valence-corrected chi connectivity index (χ2v) is 9.89. The number of alkyl halides is 3. The van der Waals surface area contributed by atoms with Gasteiger partial charge in [-0.15, -0.1) is 0 Å². The van der Waals surface area contributed by atoms with Crippen LogP contribution in [0.3, 0.4) is 0 Å². The van der Waals surface area contributed by atoms with Gasteiger partial charge in [-0.05, 0) is 55.1 Å². The van der Waals surface area contributed by atoms with Crippen LogP contribution in [0.4, 0.5) is 22.4 Å². The number of hydrogen-bond donors (Lipinski definition) is 1. The van der Waals surface area contributed by atoms with Crippen molar-refractivity contribution >= 4 is 17.9 Å². The molecule has 230 valence electrons. The van der Waals surface area contributed by atoms with Gasteiger partial charge in [0.2, 0.25) is 11.8 Å². The highest BCUT2D eigenvalue weighted by atomic mass is 19.4. The highest BCUT2D eigenvalue weighted by Crippen LogP contribution is 2.32. The molecular weight excluding hydrogens is 556 g/mol. The molecule has 12 heteroatoms. The molecule has 2 unspecified atom stereocenters. The molecule has 2 atom stereocenters. The van der Waals surface area contributed by atoms with E-state index in [1.165, 1.54) is 40.1 Å². The fraction of sp³-hybridized carbons (Fsp3) is 0.500. The molecule has 0 radical (unpaired) electrons. The Morgan fingerprint density at radius 2 is 1.74 bits per heavy atom. The minimum absolute atomic E-state index is 0.00644. The first kappa shape index (κ1) is 32.8. The molecule has 4 rings (SSSR count). The van der Waals surface area contributed by atoms with Crippen molar-refractivity contribution in [2.75, 3.05) is 26.2 Å². The van der Waals surface area contributed by atoms with E-state index in [1.54, 1.807) is 17.0 Å². The summed E-state index contributed by atoms with van der Waals surface area (Å²) in [6.07, 6.45) is -4.66. The summed E-state index contributed by atoms with van der Waals surface area (Å²) in [4.78, 5) is 44.0. The molecule has 0 spiro atoms. The summed E-state index contributed by atoms with van der Waals surface area (Å²) >= 11 is 0. The van der Waals surface area contributed by atoms with E-state index >= 15 is 0 Å². The lowest BCUT2D eigenvalue weighted by molar-refractivity contribution is -0.169. The Bertz CT molecular complexity index is 1210. The fourth-order valence-corrected chi connectivity index (χ4v) is 5.25. The summed E-state index contributed by atoms with van der Waals surface area (Å²) in [7, 11) is 0. The van der Waals surface area contributed by atoms with E-state index in [4.69, 9.17) is 10.5 Å². The quantitative estimate of drug-likeness (QED) is 0.328. The molecule has 0 saturated carbocycles. The molecule has 42 heavy (non-hydrogen) atoms. The summed E-state index contributed by atoms with van der Waals surface area (Å²) in [6.45, 7) is 4.35. The zero-order valence-electron chi connectivity index (χ0n) is 23.9. The zero-order valence-corrected chi connectivity index (χ0v) is 23.9. The highest BCUT2D eigenvalue weighted by molar-refractivity contribution is 5.90. The summed E-state index contributed by atoms with van der Waals surface area (Å²) in [5.74, 6) is -0.949. The largest absolute Gasteiger partial charge is 0.449 e. The van der Waals surface area contributed by atoms with Gasteiger partial charge in [0.05, 0.1) is 18.7 Å². The zero-order chi connectivity index (χ0) is 30.9. The molecule has 0 aliphatic carbocycles. The van der Waals surface area contributed by atoms with Crippen molar-refractivity contribution in [3.8, 4) is 0 Å². The Balaban J connectivity index is 0.00000237. The Kier molecular flexibility index (Phi) is 11.7. The first-order chi connectivity index (χ1) is 20.1. The van der Waals surface area contributed by atoms with Crippen LogP contribution in [0.15, 0.2) is 48.5 Å². The van der Waals surface area contributed by atoms with Crippen LogP contribution >= 0.6 is 0 Å². The van der Waals surface area contributed by atoms with Crippen LogP contribution in [0, 0.1) is 5.82 Å². The van der Waals surface area contributed by atoms with Crippen molar-refractivity contribution in [1.82, 2.24) is 14.7 Å². The van der Waals surface area contributed by atoms with E-state index in [2.05, 4.69) is 0 Å². The average molecular weight is 595 g/mol. The smallest absolute Gasteiger partial charge is 0.416 e. The number of rotatable bonds is 9. The predicted molar refractivity (Wildman–Crippen MR) is 148 cm³/mol. The van der Waals surface area contributed by atoms with Gasteiger partial charge in [-0.25, -0.2) is 9.18 Å². The fourth-order valence-electron chi connectivity index (χ4n) is 5.25. The lowest BCUT2D eigenvalue weighted by atomic mass is 9.98. The van der Waals surface area contributed by atoms with Crippen LogP contribution in [0.1, 0.15) is 56.2 Å². The van der Waals surface area contributed by atoms with Gasteiger partial charge in [-0.2, -0.15) is 13.2 Å². The Morgan fingerprint density at radius 1 is 1.05 bits per heavy atom. The van der Waals surface area contributed by atoms with Gasteiger partial charge in [0.1, 0.15) is 18.0 Å². The maximum absolute atomic E-state index is 13.5. The number of carbonyl (C=O) groups is 3. The van der Waals surface area contributed by atoms with E-state index in [1.807, 2.05) is 13.8 Å². The van der Waals surface area contributed by atoms with Gasteiger partial charge in [0.15, 0.2) is 0 Å². The van der Waals surface area contributed by atoms with Crippen molar-refractivity contribution in [3.63, 3.8) is 0 Å². The third-order valence-corrected chi connectivity index (χ3v) is 7.22. The molecule has 2 aromatic carbocycles. The number of nitrogens with two attached hydrogens (primary N) is 1. The number of benzene rings is 2. The summed E-state index contributed by atoms with van der Waals surface area (Å²) in [5.41, 5.74) is 5.53. The summed E-state index contributed by atoms with van der Waals surface area (Å²) in [6, 6.07) is 10.00. The number of nitrogens with zero attached hydrogens (tertiary/aromatic N) is 3. The van der Waals surface area contributed by atoms with Crippen molar-refractivity contribution in [2.45, 2.75) is 70.9 Å². The molecule has 2 heterocycles. The number of carbonyl (C=O) groups excluding carboxylic acids is 3. The number of halogens is 4. The van der Waals surface area contributed by atoms with Gasteiger partial charge >= 0.3 is 12.3 Å². The van der Waals surface area contributed by atoms with Crippen LogP contribution in [0.25, 0.3) is 0 Å². The normalized spacial score (nSPS) is 18.8. The van der Waals surface area contributed by atoms with E-state index < -0.39 is 35.9 Å². The monoisotopic (exact) mass is 594 g/mol. The lowest BCUT2D eigenvalue weighted by Gasteiger charge is -2.52. The van der Waals surface area contributed by atoms with E-state index in [0.717, 1.165) is 6.07 Å². The lowest BCUT2D eigenvalue weighted by Crippen LogP contribution is -2.71. The number of ether oxygens (including phenoxy) is 1. The van der Waals surface area contributed by atoms with Gasteiger partial charge < -0.3 is 20.3 Å². The molecule has 8 nitrogen and oxygen atoms in total. The molecular formula is C30H38F4N4O4. The van der Waals surface area contributed by atoms with Crippen molar-refractivity contribution in [3.05, 3.63) is 71.0 Å². The minimum atomic E-state index is -4.53. The first-order valence-electron chi connectivity index (χ1n) is 14.2. The van der Waals surface area contributed by atoms with Gasteiger partial charge in [-0.3, -0.25) is 14.5 Å². The van der Waals surface area contributed by atoms with E-state index in [-0.39, 0.29) is 56.5 Å².